The Kier molecular flexibility index (Phi) is 6.77. The van der Waals surface area contributed by atoms with Gasteiger partial charge in [0.15, 0.2) is 0 Å². The second kappa shape index (κ2) is 9.88. The molecule has 1 amide bonds. The van der Waals surface area contributed by atoms with E-state index in [4.69, 9.17) is 20.8 Å². The summed E-state index contributed by atoms with van der Waals surface area (Å²) in [6.45, 7) is 0.352. The summed E-state index contributed by atoms with van der Waals surface area (Å²) in [6, 6.07) is 18.6. The van der Waals surface area contributed by atoms with Crippen molar-refractivity contribution in [2.75, 3.05) is 19.9 Å². The number of carbonyl (C=O) groups is 1. The molecule has 0 aliphatic carbocycles. The first kappa shape index (κ1) is 21.9. The monoisotopic (exact) mass is 469 g/mol. The highest BCUT2D eigenvalue weighted by Crippen LogP contribution is 2.26. The number of halogens is 1. The lowest BCUT2D eigenvalue weighted by Gasteiger charge is -2.15. The van der Waals surface area contributed by atoms with Crippen molar-refractivity contribution in [3.63, 3.8) is 0 Å². The number of rotatable bonds is 8. The van der Waals surface area contributed by atoms with Crippen molar-refractivity contribution in [1.29, 1.82) is 0 Å². The molecule has 4 aromatic rings. The van der Waals surface area contributed by atoms with E-state index in [0.717, 1.165) is 11.3 Å². The van der Waals surface area contributed by atoms with Crippen LogP contribution in [0.3, 0.4) is 0 Å². The molecule has 0 atom stereocenters. The molecule has 0 bridgehead atoms. The minimum Gasteiger partial charge on any atom is -0.494 e. The highest BCUT2D eigenvalue weighted by atomic mass is 35.5. The van der Waals surface area contributed by atoms with Crippen LogP contribution in [0.1, 0.15) is 5.76 Å². The predicted molar refractivity (Wildman–Crippen MR) is 122 cm³/mol. The number of tetrazole rings is 1. The number of aromatic nitrogens is 4. The van der Waals surface area contributed by atoms with Gasteiger partial charge in [-0.15, -0.1) is 5.10 Å². The van der Waals surface area contributed by atoms with Gasteiger partial charge in [0.05, 0.1) is 19.4 Å². The van der Waals surface area contributed by atoms with Crippen molar-refractivity contribution in [1.82, 2.24) is 25.1 Å². The number of nitrogens with zero attached hydrogens (tertiary/aromatic N) is 5. The summed E-state index contributed by atoms with van der Waals surface area (Å²) in [6.07, 6.45) is 0. The maximum absolute atomic E-state index is 12.7. The van der Waals surface area contributed by atoms with E-state index in [1.165, 1.54) is 11.8 Å². The minimum absolute atomic E-state index is 0.0750. The second-order valence-electron chi connectivity index (χ2n) is 6.86. The molecule has 164 valence electrons. The molecular formula is C22H20ClN5O3S. The predicted octanol–water partition coefficient (Wildman–Crippen LogP) is 4.34. The maximum atomic E-state index is 12.7. The van der Waals surface area contributed by atoms with E-state index < -0.39 is 0 Å². The van der Waals surface area contributed by atoms with E-state index in [0.29, 0.717) is 33.9 Å². The number of ether oxygens (including phenoxy) is 1. The second-order valence-corrected chi connectivity index (χ2v) is 8.24. The Hall–Kier alpha value is -3.30. The van der Waals surface area contributed by atoms with Crippen molar-refractivity contribution in [2.24, 2.45) is 0 Å². The standard InChI is InChI=1S/C22H20ClN5O3S/c1-27(13-17-11-12-19(31-17)15-7-9-16(23)10-8-15)21(29)14-32-22-24-25-26-28(22)18-5-3-4-6-20(18)30-2/h3-12H,13-14H2,1-2H3. The normalized spacial score (nSPS) is 10.8. The zero-order valence-electron chi connectivity index (χ0n) is 17.4. The molecule has 0 spiro atoms. The summed E-state index contributed by atoms with van der Waals surface area (Å²) in [5, 5.41) is 13.0. The molecule has 0 unspecified atom stereocenters. The van der Waals surface area contributed by atoms with Crippen LogP contribution in [0, 0.1) is 0 Å². The first-order chi connectivity index (χ1) is 15.5. The third-order valence-electron chi connectivity index (χ3n) is 4.69. The largest absolute Gasteiger partial charge is 0.494 e. The van der Waals surface area contributed by atoms with Crippen molar-refractivity contribution in [3.05, 3.63) is 71.4 Å². The molecule has 32 heavy (non-hydrogen) atoms. The zero-order valence-corrected chi connectivity index (χ0v) is 19.0. The van der Waals surface area contributed by atoms with Crippen LogP contribution >= 0.6 is 23.4 Å². The quantitative estimate of drug-likeness (QED) is 0.355. The summed E-state index contributed by atoms with van der Waals surface area (Å²) in [7, 11) is 3.32. The molecule has 4 rings (SSSR count). The molecule has 0 N–H and O–H groups in total. The lowest BCUT2D eigenvalue weighted by atomic mass is 10.2. The number of hydrogen-bond donors (Lipinski definition) is 0. The van der Waals surface area contributed by atoms with Crippen LogP contribution in [0.15, 0.2) is 70.2 Å². The van der Waals surface area contributed by atoms with Crippen LogP contribution in [-0.2, 0) is 11.3 Å². The van der Waals surface area contributed by atoms with Gasteiger partial charge < -0.3 is 14.1 Å². The number of furan rings is 1. The summed E-state index contributed by atoms with van der Waals surface area (Å²) >= 11 is 7.19. The Balaban J connectivity index is 1.37. The number of hydrogen-bond acceptors (Lipinski definition) is 7. The van der Waals surface area contributed by atoms with Gasteiger partial charge >= 0.3 is 0 Å². The summed E-state index contributed by atoms with van der Waals surface area (Å²) < 4.78 is 12.8. The zero-order chi connectivity index (χ0) is 22.5. The lowest BCUT2D eigenvalue weighted by Crippen LogP contribution is -2.27. The minimum atomic E-state index is -0.0750. The maximum Gasteiger partial charge on any atom is 0.233 e. The average Bonchev–Trinajstić information content (AvgIpc) is 3.47. The first-order valence-electron chi connectivity index (χ1n) is 9.68. The van der Waals surface area contributed by atoms with Crippen molar-refractivity contribution in [2.45, 2.75) is 11.7 Å². The molecule has 0 radical (unpaired) electrons. The molecule has 0 fully saturated rings. The van der Waals surface area contributed by atoms with Crippen LogP contribution in [0.5, 0.6) is 5.75 Å². The molecule has 0 aliphatic rings. The Labute approximate surface area is 194 Å². The number of thioether (sulfide) groups is 1. The molecule has 0 saturated carbocycles. The molecule has 2 aromatic heterocycles. The Morgan fingerprint density at radius 2 is 1.94 bits per heavy atom. The van der Waals surface area contributed by atoms with Gasteiger partial charge in [-0.05, 0) is 59.0 Å². The van der Waals surface area contributed by atoms with Gasteiger partial charge in [-0.3, -0.25) is 4.79 Å². The third kappa shape index (κ3) is 4.95. The van der Waals surface area contributed by atoms with Gasteiger partial charge in [-0.2, -0.15) is 4.68 Å². The van der Waals surface area contributed by atoms with E-state index in [2.05, 4.69) is 15.5 Å². The Morgan fingerprint density at radius 1 is 1.16 bits per heavy atom. The van der Waals surface area contributed by atoms with Gasteiger partial charge in [0.25, 0.3) is 0 Å². The molecule has 10 heteroatoms. The highest BCUT2D eigenvalue weighted by Gasteiger charge is 2.17. The molecule has 0 saturated heterocycles. The number of para-hydroxylation sites is 2. The van der Waals surface area contributed by atoms with Gasteiger partial charge in [0.1, 0.15) is 23.0 Å². The van der Waals surface area contributed by atoms with Gasteiger partial charge in [0, 0.05) is 17.6 Å². The van der Waals surface area contributed by atoms with Crippen molar-refractivity contribution >= 4 is 29.3 Å². The molecular weight excluding hydrogens is 450 g/mol. The van der Waals surface area contributed by atoms with Crippen LogP contribution in [0.25, 0.3) is 17.0 Å². The highest BCUT2D eigenvalue weighted by molar-refractivity contribution is 7.99. The SMILES string of the molecule is COc1ccccc1-n1nnnc1SCC(=O)N(C)Cc1ccc(-c2ccc(Cl)cc2)o1. The van der Waals surface area contributed by atoms with E-state index in [9.17, 15) is 4.79 Å². The number of amides is 1. The molecule has 8 nitrogen and oxygen atoms in total. The molecule has 0 aliphatic heterocycles. The fraction of sp³-hybridized carbons (Fsp3) is 0.182. The van der Waals surface area contributed by atoms with Gasteiger partial charge in [0.2, 0.25) is 11.1 Å². The van der Waals surface area contributed by atoms with Crippen LogP contribution in [-0.4, -0.2) is 50.9 Å². The van der Waals surface area contributed by atoms with Crippen molar-refractivity contribution in [3.8, 4) is 22.8 Å². The van der Waals surface area contributed by atoms with Gasteiger partial charge in [-0.1, -0.05) is 35.5 Å². The Bertz CT molecular complexity index is 1210. The van der Waals surface area contributed by atoms with E-state index >= 15 is 0 Å². The molecule has 2 heterocycles. The number of methoxy groups -OCH3 is 1. The summed E-state index contributed by atoms with van der Waals surface area (Å²) in [5.74, 6) is 2.16. The number of benzene rings is 2. The Morgan fingerprint density at radius 3 is 2.72 bits per heavy atom. The van der Waals surface area contributed by atoms with Crippen molar-refractivity contribution < 1.29 is 13.9 Å². The summed E-state index contributed by atoms with van der Waals surface area (Å²) in [5.41, 5.74) is 1.63. The van der Waals surface area contributed by atoms with Gasteiger partial charge in [-0.25, -0.2) is 0 Å². The average molecular weight is 470 g/mol. The van der Waals surface area contributed by atoms with Crippen LogP contribution in [0.2, 0.25) is 5.02 Å². The smallest absolute Gasteiger partial charge is 0.233 e. The van der Waals surface area contributed by atoms with E-state index in [1.807, 2.05) is 60.7 Å². The number of carbonyl (C=O) groups excluding carboxylic acids is 1. The van der Waals surface area contributed by atoms with E-state index in [1.54, 1.807) is 23.7 Å². The first-order valence-corrected chi connectivity index (χ1v) is 11.0. The molecule has 2 aromatic carbocycles. The van der Waals surface area contributed by atoms with Crippen LogP contribution in [0.4, 0.5) is 0 Å². The van der Waals surface area contributed by atoms with E-state index in [-0.39, 0.29) is 11.7 Å². The fourth-order valence-electron chi connectivity index (χ4n) is 3.02. The third-order valence-corrected chi connectivity index (χ3v) is 5.84. The fourth-order valence-corrected chi connectivity index (χ4v) is 3.97. The van der Waals surface area contributed by atoms with Crippen LogP contribution < -0.4 is 4.74 Å². The summed E-state index contributed by atoms with van der Waals surface area (Å²) in [4.78, 5) is 14.3. The lowest BCUT2D eigenvalue weighted by molar-refractivity contribution is -0.127. The topological polar surface area (TPSA) is 86.3 Å².